The molecule has 5 nitrogen and oxygen atoms in total. The number of nitrogens with zero attached hydrogens (tertiary/aromatic N) is 1. The lowest BCUT2D eigenvalue weighted by atomic mass is 9.98. The molecule has 1 aromatic rings. The summed E-state index contributed by atoms with van der Waals surface area (Å²) < 4.78 is 5.57. The number of likely N-dealkylation sites (N-methyl/N-ethyl adjacent to an activating group) is 1. The van der Waals surface area contributed by atoms with Gasteiger partial charge < -0.3 is 20.1 Å². The SMILES string of the molecule is CN1CCOC[C@H](CNC(=O)c2ccc(CCC(C)(C)O)cc2)C1. The van der Waals surface area contributed by atoms with E-state index in [4.69, 9.17) is 4.74 Å². The van der Waals surface area contributed by atoms with Gasteiger partial charge in [0.15, 0.2) is 0 Å². The maximum atomic E-state index is 12.3. The Morgan fingerprint density at radius 3 is 2.75 bits per heavy atom. The van der Waals surface area contributed by atoms with Gasteiger partial charge in [0.2, 0.25) is 0 Å². The predicted molar refractivity (Wildman–Crippen MR) is 95.2 cm³/mol. The summed E-state index contributed by atoms with van der Waals surface area (Å²) in [6, 6.07) is 7.63. The Hall–Kier alpha value is -1.43. The second-order valence-corrected chi connectivity index (χ2v) is 7.42. The van der Waals surface area contributed by atoms with Gasteiger partial charge in [-0.05, 0) is 51.4 Å². The zero-order valence-corrected chi connectivity index (χ0v) is 15.0. The standard InChI is InChI=1S/C19H30N2O3/c1-19(2,23)9-8-15-4-6-17(7-5-15)18(22)20-12-16-13-21(3)10-11-24-14-16/h4-7,16,23H,8-14H2,1-3H3,(H,20,22)/t16-/m1/s1. The third kappa shape index (κ3) is 6.59. The highest BCUT2D eigenvalue weighted by molar-refractivity contribution is 5.94. The van der Waals surface area contributed by atoms with Gasteiger partial charge in [-0.15, -0.1) is 0 Å². The fourth-order valence-electron chi connectivity index (χ4n) is 2.79. The second kappa shape index (κ2) is 8.60. The van der Waals surface area contributed by atoms with E-state index in [2.05, 4.69) is 17.3 Å². The third-order valence-electron chi connectivity index (χ3n) is 4.33. The molecule has 1 aromatic carbocycles. The molecule has 0 aliphatic carbocycles. The van der Waals surface area contributed by atoms with Crippen molar-refractivity contribution in [2.45, 2.75) is 32.3 Å². The van der Waals surface area contributed by atoms with Crippen LogP contribution in [0.4, 0.5) is 0 Å². The van der Waals surface area contributed by atoms with Gasteiger partial charge in [0.1, 0.15) is 0 Å². The van der Waals surface area contributed by atoms with Crippen LogP contribution in [0.25, 0.3) is 0 Å². The minimum Gasteiger partial charge on any atom is -0.390 e. The van der Waals surface area contributed by atoms with Crippen LogP contribution >= 0.6 is 0 Å². The number of rotatable bonds is 6. The predicted octanol–water partition coefficient (Wildman–Crippen LogP) is 1.70. The lowest BCUT2D eigenvalue weighted by Gasteiger charge is -2.19. The molecule has 1 aliphatic rings. The summed E-state index contributed by atoms with van der Waals surface area (Å²) >= 11 is 0. The number of hydrogen-bond acceptors (Lipinski definition) is 4. The number of ether oxygens (including phenoxy) is 1. The highest BCUT2D eigenvalue weighted by atomic mass is 16.5. The molecule has 1 aliphatic heterocycles. The Kier molecular flexibility index (Phi) is 6.78. The van der Waals surface area contributed by atoms with E-state index in [-0.39, 0.29) is 5.91 Å². The Bertz CT molecular complexity index is 522. The lowest BCUT2D eigenvalue weighted by Crippen LogP contribution is -2.35. The van der Waals surface area contributed by atoms with Crippen LogP contribution in [-0.2, 0) is 11.2 Å². The molecule has 0 radical (unpaired) electrons. The molecule has 0 spiro atoms. The van der Waals surface area contributed by atoms with Crippen molar-refractivity contribution >= 4 is 5.91 Å². The maximum absolute atomic E-state index is 12.3. The number of nitrogens with one attached hydrogen (secondary N) is 1. The molecule has 0 saturated carbocycles. The van der Waals surface area contributed by atoms with E-state index < -0.39 is 5.60 Å². The van der Waals surface area contributed by atoms with Gasteiger partial charge in [-0.2, -0.15) is 0 Å². The van der Waals surface area contributed by atoms with Gasteiger partial charge in [0, 0.05) is 31.1 Å². The fourth-order valence-corrected chi connectivity index (χ4v) is 2.79. The molecular formula is C19H30N2O3. The van der Waals surface area contributed by atoms with Gasteiger partial charge >= 0.3 is 0 Å². The molecule has 0 aromatic heterocycles. The summed E-state index contributed by atoms with van der Waals surface area (Å²) in [4.78, 5) is 14.5. The van der Waals surface area contributed by atoms with Crippen molar-refractivity contribution < 1.29 is 14.6 Å². The van der Waals surface area contributed by atoms with Crippen molar-refractivity contribution in [1.29, 1.82) is 0 Å². The summed E-state index contributed by atoms with van der Waals surface area (Å²) in [6.45, 7) is 7.58. The Labute approximate surface area is 145 Å². The van der Waals surface area contributed by atoms with E-state index in [0.717, 1.165) is 31.7 Å². The molecule has 1 atom stereocenters. The zero-order valence-electron chi connectivity index (χ0n) is 15.0. The first-order valence-electron chi connectivity index (χ1n) is 8.69. The minimum atomic E-state index is -0.663. The summed E-state index contributed by atoms with van der Waals surface area (Å²) in [6.07, 6.45) is 1.50. The van der Waals surface area contributed by atoms with Crippen molar-refractivity contribution in [2.24, 2.45) is 5.92 Å². The smallest absolute Gasteiger partial charge is 0.251 e. The van der Waals surface area contributed by atoms with Crippen molar-refractivity contribution in [3.05, 3.63) is 35.4 Å². The molecule has 5 heteroatoms. The van der Waals surface area contributed by atoms with Crippen molar-refractivity contribution in [1.82, 2.24) is 10.2 Å². The van der Waals surface area contributed by atoms with Gasteiger partial charge in [0.25, 0.3) is 5.91 Å². The molecule has 0 bridgehead atoms. The average molecular weight is 334 g/mol. The number of carbonyl (C=O) groups excluding carboxylic acids is 1. The van der Waals surface area contributed by atoms with Crippen molar-refractivity contribution in [3.8, 4) is 0 Å². The molecule has 24 heavy (non-hydrogen) atoms. The van der Waals surface area contributed by atoms with E-state index in [1.165, 1.54) is 0 Å². The van der Waals surface area contributed by atoms with Crippen LogP contribution < -0.4 is 5.32 Å². The number of benzene rings is 1. The second-order valence-electron chi connectivity index (χ2n) is 7.42. The van der Waals surface area contributed by atoms with Gasteiger partial charge in [-0.3, -0.25) is 4.79 Å². The van der Waals surface area contributed by atoms with Gasteiger partial charge in [0.05, 0.1) is 18.8 Å². The first-order chi connectivity index (χ1) is 11.3. The lowest BCUT2D eigenvalue weighted by molar-refractivity contribution is 0.0713. The van der Waals surface area contributed by atoms with Crippen LogP contribution in [0.3, 0.4) is 0 Å². The molecule has 2 rings (SSSR count). The van der Waals surface area contributed by atoms with Crippen LogP contribution in [0.15, 0.2) is 24.3 Å². The van der Waals surface area contributed by atoms with Crippen molar-refractivity contribution in [3.63, 3.8) is 0 Å². The average Bonchev–Trinajstić information content (AvgIpc) is 2.74. The molecule has 1 heterocycles. The molecular weight excluding hydrogens is 304 g/mol. The molecule has 1 fully saturated rings. The largest absolute Gasteiger partial charge is 0.390 e. The van der Waals surface area contributed by atoms with Crippen LogP contribution in [0.5, 0.6) is 0 Å². The number of aliphatic hydroxyl groups is 1. The van der Waals surface area contributed by atoms with E-state index in [1.54, 1.807) is 0 Å². The van der Waals surface area contributed by atoms with E-state index in [9.17, 15) is 9.90 Å². The summed E-state index contributed by atoms with van der Waals surface area (Å²) in [5.41, 5.74) is 1.14. The van der Waals surface area contributed by atoms with Crippen LogP contribution in [-0.4, -0.2) is 61.4 Å². The monoisotopic (exact) mass is 334 g/mol. The van der Waals surface area contributed by atoms with Crippen molar-refractivity contribution in [2.75, 3.05) is 39.9 Å². The first-order valence-corrected chi connectivity index (χ1v) is 8.69. The summed E-state index contributed by atoms with van der Waals surface area (Å²) in [5, 5.41) is 12.8. The summed E-state index contributed by atoms with van der Waals surface area (Å²) in [7, 11) is 2.08. The molecule has 0 unspecified atom stereocenters. The fraction of sp³-hybridized carbons (Fsp3) is 0.632. The highest BCUT2D eigenvalue weighted by Gasteiger charge is 2.17. The van der Waals surface area contributed by atoms with Crippen LogP contribution in [0, 0.1) is 5.92 Å². The highest BCUT2D eigenvalue weighted by Crippen LogP contribution is 2.14. The van der Waals surface area contributed by atoms with E-state index >= 15 is 0 Å². The Balaban J connectivity index is 1.81. The number of aryl methyl sites for hydroxylation is 1. The zero-order chi connectivity index (χ0) is 17.6. The van der Waals surface area contributed by atoms with Gasteiger partial charge in [-0.25, -0.2) is 0 Å². The molecule has 134 valence electrons. The normalized spacial score (nSPS) is 19.8. The number of hydrogen-bond donors (Lipinski definition) is 2. The van der Waals surface area contributed by atoms with Crippen LogP contribution in [0.2, 0.25) is 0 Å². The molecule has 1 saturated heterocycles. The Morgan fingerprint density at radius 1 is 1.38 bits per heavy atom. The number of amides is 1. The van der Waals surface area contributed by atoms with E-state index in [1.807, 2.05) is 38.1 Å². The number of carbonyl (C=O) groups is 1. The van der Waals surface area contributed by atoms with Gasteiger partial charge in [-0.1, -0.05) is 12.1 Å². The summed E-state index contributed by atoms with van der Waals surface area (Å²) in [5.74, 6) is 0.281. The van der Waals surface area contributed by atoms with Crippen LogP contribution in [0.1, 0.15) is 36.2 Å². The van der Waals surface area contributed by atoms with E-state index in [0.29, 0.717) is 31.1 Å². The maximum Gasteiger partial charge on any atom is 0.251 e. The third-order valence-corrected chi connectivity index (χ3v) is 4.33. The minimum absolute atomic E-state index is 0.0454. The quantitative estimate of drug-likeness (QED) is 0.831. The topological polar surface area (TPSA) is 61.8 Å². The molecule has 1 amide bonds. The first kappa shape index (κ1) is 18.9. The Morgan fingerprint density at radius 2 is 2.08 bits per heavy atom. The molecule has 2 N–H and O–H groups in total.